The Morgan fingerprint density at radius 3 is 2.60 bits per heavy atom. The van der Waals surface area contributed by atoms with E-state index in [4.69, 9.17) is 9.47 Å². The highest BCUT2D eigenvalue weighted by Gasteiger charge is 2.40. The van der Waals surface area contributed by atoms with Crippen molar-refractivity contribution < 1.29 is 19.1 Å². The molecule has 4 rings (SSSR count). The van der Waals surface area contributed by atoms with Crippen LogP contribution in [0.15, 0.2) is 24.3 Å². The minimum absolute atomic E-state index is 0.0532. The van der Waals surface area contributed by atoms with Gasteiger partial charge in [0.2, 0.25) is 5.91 Å². The lowest BCUT2D eigenvalue weighted by molar-refractivity contribution is -0.153. The number of para-hydroxylation sites is 1. The molecule has 0 aromatic heterocycles. The largest absolute Gasteiger partial charge is 0.480 e. The van der Waals surface area contributed by atoms with E-state index in [-0.39, 0.29) is 17.9 Å². The second-order valence-electron chi connectivity index (χ2n) is 6.90. The Morgan fingerprint density at radius 1 is 1.00 bits per heavy atom. The summed E-state index contributed by atoms with van der Waals surface area (Å²) >= 11 is 0. The number of benzene rings is 1. The van der Waals surface area contributed by atoms with Gasteiger partial charge in [0.25, 0.3) is 5.91 Å². The van der Waals surface area contributed by atoms with E-state index in [1.807, 2.05) is 29.2 Å². The highest BCUT2D eigenvalue weighted by molar-refractivity contribution is 5.90. The lowest BCUT2D eigenvalue weighted by atomic mass is 9.99. The van der Waals surface area contributed by atoms with E-state index in [9.17, 15) is 9.59 Å². The van der Waals surface area contributed by atoms with E-state index in [2.05, 4.69) is 0 Å². The predicted octanol–water partition coefficient (Wildman–Crippen LogP) is 1.23. The summed E-state index contributed by atoms with van der Waals surface area (Å²) in [5.74, 6) is 0.795. The summed E-state index contributed by atoms with van der Waals surface area (Å²) < 4.78 is 11.2. The molecular weight excluding hydrogens is 320 g/mol. The number of fused-ring (bicyclic) bond motifs is 1. The van der Waals surface area contributed by atoms with Crippen LogP contribution in [0.1, 0.15) is 24.8 Å². The molecule has 1 aromatic rings. The first kappa shape index (κ1) is 16.4. The molecule has 0 saturated carbocycles. The minimum atomic E-state index is -0.504. The van der Waals surface area contributed by atoms with E-state index >= 15 is 0 Å². The van der Waals surface area contributed by atoms with Crippen LogP contribution in [-0.4, -0.2) is 66.6 Å². The summed E-state index contributed by atoms with van der Waals surface area (Å²) in [4.78, 5) is 29.6. The van der Waals surface area contributed by atoms with Gasteiger partial charge in [-0.25, -0.2) is 0 Å². The van der Waals surface area contributed by atoms with Crippen molar-refractivity contribution in [1.82, 2.24) is 9.80 Å². The van der Waals surface area contributed by atoms with E-state index in [1.165, 1.54) is 0 Å². The molecule has 134 valence electrons. The van der Waals surface area contributed by atoms with Gasteiger partial charge in [0.1, 0.15) is 11.8 Å². The first-order valence-corrected chi connectivity index (χ1v) is 9.15. The van der Waals surface area contributed by atoms with E-state index in [0.717, 1.165) is 30.6 Å². The van der Waals surface area contributed by atoms with Crippen molar-refractivity contribution in [3.63, 3.8) is 0 Å². The number of hydrogen-bond acceptors (Lipinski definition) is 4. The number of carbonyl (C=O) groups is 2. The van der Waals surface area contributed by atoms with Crippen LogP contribution in [0.2, 0.25) is 0 Å². The van der Waals surface area contributed by atoms with Crippen molar-refractivity contribution in [2.24, 2.45) is 0 Å². The molecule has 3 aliphatic rings. The molecule has 1 aromatic carbocycles. The standard InChI is InChI=1S/C19H24N2O4/c22-18(20-9-11-24-12-10-20)15-6-3-4-8-21(15)19(23)17-13-14-5-1-2-7-16(14)25-17/h1-2,5,7,15,17H,3-4,6,8-13H2. The Morgan fingerprint density at radius 2 is 1.80 bits per heavy atom. The van der Waals surface area contributed by atoms with Crippen LogP contribution in [0.25, 0.3) is 0 Å². The Labute approximate surface area is 147 Å². The number of hydrogen-bond donors (Lipinski definition) is 0. The van der Waals surface area contributed by atoms with E-state index < -0.39 is 6.10 Å². The highest BCUT2D eigenvalue weighted by Crippen LogP contribution is 2.30. The van der Waals surface area contributed by atoms with Crippen LogP contribution in [0, 0.1) is 0 Å². The van der Waals surface area contributed by atoms with Gasteiger partial charge in [-0.3, -0.25) is 9.59 Å². The van der Waals surface area contributed by atoms with Crippen LogP contribution in [-0.2, 0) is 20.7 Å². The van der Waals surface area contributed by atoms with Gasteiger partial charge < -0.3 is 19.3 Å². The van der Waals surface area contributed by atoms with Gasteiger partial charge >= 0.3 is 0 Å². The van der Waals surface area contributed by atoms with Crippen LogP contribution < -0.4 is 4.74 Å². The third-order valence-corrected chi connectivity index (χ3v) is 5.32. The third kappa shape index (κ3) is 3.23. The second kappa shape index (κ2) is 7.04. The zero-order valence-electron chi connectivity index (χ0n) is 14.4. The number of morpholine rings is 1. The Balaban J connectivity index is 1.47. The molecule has 3 aliphatic heterocycles. The fraction of sp³-hybridized carbons (Fsp3) is 0.579. The quantitative estimate of drug-likeness (QED) is 0.810. The van der Waals surface area contributed by atoms with Crippen LogP contribution >= 0.6 is 0 Å². The maximum absolute atomic E-state index is 13.1. The molecule has 0 spiro atoms. The number of rotatable bonds is 2. The Kier molecular flexibility index (Phi) is 4.61. The van der Waals surface area contributed by atoms with Gasteiger partial charge in [0, 0.05) is 26.1 Å². The molecule has 6 nitrogen and oxygen atoms in total. The average molecular weight is 344 g/mol. The lowest BCUT2D eigenvalue weighted by Crippen LogP contribution is -2.57. The Bertz CT molecular complexity index is 632. The molecule has 2 fully saturated rings. The fourth-order valence-corrected chi connectivity index (χ4v) is 3.95. The zero-order valence-corrected chi connectivity index (χ0v) is 14.4. The van der Waals surface area contributed by atoms with Crippen molar-refractivity contribution in [3.05, 3.63) is 29.8 Å². The van der Waals surface area contributed by atoms with Crippen molar-refractivity contribution >= 4 is 11.8 Å². The summed E-state index contributed by atoms with van der Waals surface area (Å²) in [5, 5.41) is 0. The van der Waals surface area contributed by atoms with Gasteiger partial charge in [0.05, 0.1) is 13.2 Å². The summed E-state index contributed by atoms with van der Waals surface area (Å²) in [6.45, 7) is 3.02. The fourth-order valence-electron chi connectivity index (χ4n) is 3.95. The molecule has 25 heavy (non-hydrogen) atoms. The van der Waals surface area contributed by atoms with Crippen molar-refractivity contribution in [3.8, 4) is 5.75 Å². The maximum Gasteiger partial charge on any atom is 0.264 e. The average Bonchev–Trinajstić information content (AvgIpc) is 3.12. The normalized spacial score (nSPS) is 26.1. The van der Waals surface area contributed by atoms with Gasteiger partial charge in [-0.1, -0.05) is 18.2 Å². The highest BCUT2D eigenvalue weighted by atomic mass is 16.5. The summed E-state index contributed by atoms with van der Waals surface area (Å²) in [5.41, 5.74) is 1.06. The van der Waals surface area contributed by atoms with Crippen molar-refractivity contribution in [1.29, 1.82) is 0 Å². The van der Waals surface area contributed by atoms with Crippen LogP contribution in [0.5, 0.6) is 5.75 Å². The van der Waals surface area contributed by atoms with E-state index in [1.54, 1.807) is 4.90 Å². The number of nitrogens with zero attached hydrogens (tertiary/aromatic N) is 2. The molecule has 0 N–H and O–H groups in total. The summed E-state index contributed by atoms with van der Waals surface area (Å²) in [7, 11) is 0. The first-order valence-electron chi connectivity index (χ1n) is 9.15. The first-order chi connectivity index (χ1) is 12.2. The smallest absolute Gasteiger partial charge is 0.264 e. The van der Waals surface area contributed by atoms with Crippen LogP contribution in [0.4, 0.5) is 0 Å². The Hall–Kier alpha value is -2.08. The zero-order chi connectivity index (χ0) is 17.2. The lowest BCUT2D eigenvalue weighted by Gasteiger charge is -2.39. The molecule has 2 unspecified atom stereocenters. The molecule has 2 atom stereocenters. The maximum atomic E-state index is 13.1. The molecule has 6 heteroatoms. The number of piperidine rings is 1. The number of carbonyl (C=O) groups excluding carboxylic acids is 2. The molecular formula is C19H24N2O4. The minimum Gasteiger partial charge on any atom is -0.480 e. The van der Waals surface area contributed by atoms with Gasteiger partial charge in [0.15, 0.2) is 6.10 Å². The van der Waals surface area contributed by atoms with Crippen molar-refractivity contribution in [2.75, 3.05) is 32.8 Å². The van der Waals surface area contributed by atoms with Gasteiger partial charge in [-0.05, 0) is 30.9 Å². The summed E-state index contributed by atoms with van der Waals surface area (Å²) in [6.07, 6.45) is 2.75. The molecule has 2 saturated heterocycles. The molecule has 3 heterocycles. The second-order valence-corrected chi connectivity index (χ2v) is 6.90. The third-order valence-electron chi connectivity index (χ3n) is 5.32. The van der Waals surface area contributed by atoms with Gasteiger partial charge in [-0.2, -0.15) is 0 Å². The number of likely N-dealkylation sites (tertiary alicyclic amines) is 1. The summed E-state index contributed by atoms with van der Waals surface area (Å²) in [6, 6.07) is 7.41. The topological polar surface area (TPSA) is 59.1 Å². The molecule has 0 aliphatic carbocycles. The monoisotopic (exact) mass is 344 g/mol. The number of ether oxygens (including phenoxy) is 2. The SMILES string of the molecule is O=C(C1CCCCN1C(=O)C1Cc2ccccc2O1)N1CCOCC1. The number of amides is 2. The molecule has 2 amide bonds. The van der Waals surface area contributed by atoms with Crippen molar-refractivity contribution in [2.45, 2.75) is 37.8 Å². The van der Waals surface area contributed by atoms with Crippen LogP contribution in [0.3, 0.4) is 0 Å². The van der Waals surface area contributed by atoms with Gasteiger partial charge in [-0.15, -0.1) is 0 Å². The predicted molar refractivity (Wildman–Crippen MR) is 91.3 cm³/mol. The van der Waals surface area contributed by atoms with E-state index in [0.29, 0.717) is 39.3 Å². The molecule has 0 radical (unpaired) electrons. The molecule has 0 bridgehead atoms.